The van der Waals surface area contributed by atoms with Crippen LogP contribution in [-0.4, -0.2) is 87.4 Å². The Hall–Kier alpha value is -0.710. The summed E-state index contributed by atoms with van der Waals surface area (Å²) in [5.41, 5.74) is 1.20. The van der Waals surface area contributed by atoms with Crippen LogP contribution in [0.25, 0.3) is 0 Å². The van der Waals surface area contributed by atoms with Gasteiger partial charge >= 0.3 is 0 Å². The molecule has 1 aliphatic rings. The van der Waals surface area contributed by atoms with Gasteiger partial charge in [-0.2, -0.15) is 11.8 Å². The number of benzene rings is 1. The number of hydrogen-bond acceptors (Lipinski definition) is 5. The molecule has 0 radical (unpaired) electrons. The number of likely N-dealkylation sites (N-methyl/N-ethyl adjacent to an activating group) is 1. The molecule has 1 aliphatic heterocycles. The van der Waals surface area contributed by atoms with Crippen LogP contribution in [0.15, 0.2) is 29.3 Å². The minimum absolute atomic E-state index is 0. The topological polar surface area (TPSA) is 49.3 Å². The molecule has 6 nitrogen and oxygen atoms in total. The summed E-state index contributed by atoms with van der Waals surface area (Å²) < 4.78 is 11.0. The fourth-order valence-electron chi connectivity index (χ4n) is 3.10. The highest BCUT2D eigenvalue weighted by Crippen LogP contribution is 2.21. The van der Waals surface area contributed by atoms with E-state index in [0.717, 1.165) is 51.0 Å². The maximum Gasteiger partial charge on any atom is 0.193 e. The lowest BCUT2D eigenvalue weighted by Gasteiger charge is -2.34. The first kappa shape index (κ1) is 26.3. The highest BCUT2D eigenvalue weighted by Gasteiger charge is 2.21. The second-order valence-electron chi connectivity index (χ2n) is 7.04. The molecule has 0 saturated carbocycles. The number of rotatable bonds is 10. The van der Waals surface area contributed by atoms with Gasteiger partial charge in [0.25, 0.3) is 0 Å². The molecular weight excluding hydrogens is 499 g/mol. The van der Waals surface area contributed by atoms with Gasteiger partial charge in [0, 0.05) is 57.9 Å². The SMILES string of the molecule is CCC1CN(C(=NC)NCc2cccc(OCCN(C)CCOC)c2)CCS1.I. The zero-order valence-electron chi connectivity index (χ0n) is 18.2. The zero-order chi connectivity index (χ0) is 20.2. The van der Waals surface area contributed by atoms with Crippen molar-refractivity contribution in [2.75, 3.05) is 66.4 Å². The van der Waals surface area contributed by atoms with E-state index in [2.05, 4.69) is 58.0 Å². The van der Waals surface area contributed by atoms with Gasteiger partial charge in [-0.15, -0.1) is 24.0 Å². The summed E-state index contributed by atoms with van der Waals surface area (Å²) in [6.45, 7) is 8.34. The number of guanidine groups is 1. The Kier molecular flexibility index (Phi) is 13.7. The molecule has 0 aromatic heterocycles. The number of ether oxygens (including phenoxy) is 2. The Morgan fingerprint density at radius 2 is 2.14 bits per heavy atom. The maximum absolute atomic E-state index is 5.92. The molecule has 1 unspecified atom stereocenters. The van der Waals surface area contributed by atoms with Crippen molar-refractivity contribution in [1.82, 2.24) is 15.1 Å². The van der Waals surface area contributed by atoms with Crippen LogP contribution >= 0.6 is 35.7 Å². The number of thioether (sulfide) groups is 1. The standard InChI is InChI=1S/C21H36N4O2S.HI/c1-5-20-17-25(11-14-28-20)21(22-2)23-16-18-7-6-8-19(15-18)27-13-10-24(3)9-12-26-4;/h6-8,15,20H,5,9-14,16-17H2,1-4H3,(H,22,23);1H. The van der Waals surface area contributed by atoms with E-state index >= 15 is 0 Å². The molecule has 29 heavy (non-hydrogen) atoms. The third-order valence-electron chi connectivity index (χ3n) is 4.87. The molecule has 1 aromatic carbocycles. The summed E-state index contributed by atoms with van der Waals surface area (Å²) in [7, 11) is 5.67. The Balaban J connectivity index is 0.00000420. The lowest BCUT2D eigenvalue weighted by Crippen LogP contribution is -2.47. The first-order valence-electron chi connectivity index (χ1n) is 10.1. The quantitative estimate of drug-likeness (QED) is 0.282. The summed E-state index contributed by atoms with van der Waals surface area (Å²) in [4.78, 5) is 9.07. The molecule has 1 heterocycles. The highest BCUT2D eigenvalue weighted by molar-refractivity contribution is 14.0. The van der Waals surface area contributed by atoms with E-state index < -0.39 is 0 Å². The van der Waals surface area contributed by atoms with Gasteiger partial charge in [-0.1, -0.05) is 19.1 Å². The summed E-state index contributed by atoms with van der Waals surface area (Å²) in [6, 6.07) is 8.30. The van der Waals surface area contributed by atoms with Gasteiger partial charge in [-0.25, -0.2) is 0 Å². The molecule has 0 amide bonds. The van der Waals surface area contributed by atoms with Gasteiger partial charge in [0.15, 0.2) is 5.96 Å². The van der Waals surface area contributed by atoms with E-state index in [1.165, 1.54) is 17.7 Å². The van der Waals surface area contributed by atoms with Crippen LogP contribution < -0.4 is 10.1 Å². The second kappa shape index (κ2) is 15.1. The molecule has 1 aromatic rings. The van der Waals surface area contributed by atoms with Crippen LogP contribution in [-0.2, 0) is 11.3 Å². The van der Waals surface area contributed by atoms with E-state index in [9.17, 15) is 0 Å². The van der Waals surface area contributed by atoms with Gasteiger partial charge in [0.05, 0.1) is 6.61 Å². The summed E-state index contributed by atoms with van der Waals surface area (Å²) in [5, 5.41) is 4.21. The Labute approximate surface area is 197 Å². The van der Waals surface area contributed by atoms with Crippen molar-refractivity contribution in [3.8, 4) is 5.75 Å². The fourth-order valence-corrected chi connectivity index (χ4v) is 4.28. The largest absolute Gasteiger partial charge is 0.492 e. The van der Waals surface area contributed by atoms with Gasteiger partial charge < -0.3 is 24.6 Å². The average Bonchev–Trinajstić information content (AvgIpc) is 2.73. The monoisotopic (exact) mass is 536 g/mol. The number of halogens is 1. The van der Waals surface area contributed by atoms with Gasteiger partial charge in [0.2, 0.25) is 0 Å². The number of nitrogens with zero attached hydrogens (tertiary/aromatic N) is 3. The number of hydrogen-bond donors (Lipinski definition) is 1. The van der Waals surface area contributed by atoms with E-state index in [1.54, 1.807) is 7.11 Å². The van der Waals surface area contributed by atoms with E-state index in [0.29, 0.717) is 11.9 Å². The van der Waals surface area contributed by atoms with Crippen molar-refractivity contribution >= 4 is 41.7 Å². The van der Waals surface area contributed by atoms with E-state index in [4.69, 9.17) is 9.47 Å². The van der Waals surface area contributed by atoms with Crippen molar-refractivity contribution < 1.29 is 9.47 Å². The number of methoxy groups -OCH3 is 1. The van der Waals surface area contributed by atoms with Crippen LogP contribution in [0.2, 0.25) is 0 Å². The summed E-state index contributed by atoms with van der Waals surface area (Å²) in [6.07, 6.45) is 1.21. The van der Waals surface area contributed by atoms with Gasteiger partial charge in [0.1, 0.15) is 12.4 Å². The third-order valence-corrected chi connectivity index (χ3v) is 6.25. The van der Waals surface area contributed by atoms with Gasteiger partial charge in [-0.05, 0) is 31.2 Å². The minimum Gasteiger partial charge on any atom is -0.492 e. The molecule has 1 fully saturated rings. The van der Waals surface area contributed by atoms with Crippen LogP contribution in [0, 0.1) is 0 Å². The summed E-state index contributed by atoms with van der Waals surface area (Å²) >= 11 is 2.07. The van der Waals surface area contributed by atoms with Crippen molar-refractivity contribution in [2.45, 2.75) is 25.1 Å². The number of nitrogens with one attached hydrogen (secondary N) is 1. The lowest BCUT2D eigenvalue weighted by atomic mass is 10.2. The second-order valence-corrected chi connectivity index (χ2v) is 8.45. The lowest BCUT2D eigenvalue weighted by molar-refractivity contribution is 0.150. The van der Waals surface area contributed by atoms with Crippen LogP contribution in [0.4, 0.5) is 0 Å². The molecular formula is C21H37IN4O2S. The first-order valence-corrected chi connectivity index (χ1v) is 11.2. The Morgan fingerprint density at radius 3 is 2.86 bits per heavy atom. The van der Waals surface area contributed by atoms with Crippen molar-refractivity contribution in [3.63, 3.8) is 0 Å². The zero-order valence-corrected chi connectivity index (χ0v) is 21.4. The molecule has 1 atom stereocenters. The molecule has 0 aliphatic carbocycles. The van der Waals surface area contributed by atoms with Crippen molar-refractivity contribution in [3.05, 3.63) is 29.8 Å². The molecule has 1 saturated heterocycles. The highest BCUT2D eigenvalue weighted by atomic mass is 127. The minimum atomic E-state index is 0. The number of aliphatic imine (C=N–C) groups is 1. The van der Waals surface area contributed by atoms with Crippen LogP contribution in [0.3, 0.4) is 0 Å². The maximum atomic E-state index is 5.92. The van der Waals surface area contributed by atoms with Crippen LogP contribution in [0.1, 0.15) is 18.9 Å². The third kappa shape index (κ3) is 9.76. The summed E-state index contributed by atoms with van der Waals surface area (Å²) in [5.74, 6) is 3.07. The molecule has 8 heteroatoms. The Bertz CT molecular complexity index is 606. The fraction of sp³-hybridized carbons (Fsp3) is 0.667. The Morgan fingerprint density at radius 1 is 1.34 bits per heavy atom. The van der Waals surface area contributed by atoms with Gasteiger partial charge in [-0.3, -0.25) is 4.99 Å². The molecule has 166 valence electrons. The van der Waals surface area contributed by atoms with Crippen LogP contribution in [0.5, 0.6) is 5.75 Å². The van der Waals surface area contributed by atoms with Crippen molar-refractivity contribution in [2.24, 2.45) is 4.99 Å². The van der Waals surface area contributed by atoms with E-state index in [-0.39, 0.29) is 24.0 Å². The first-order chi connectivity index (χ1) is 13.7. The molecule has 1 N–H and O–H groups in total. The smallest absolute Gasteiger partial charge is 0.193 e. The molecule has 0 bridgehead atoms. The molecule has 2 rings (SSSR count). The predicted molar refractivity (Wildman–Crippen MR) is 135 cm³/mol. The van der Waals surface area contributed by atoms with Crippen molar-refractivity contribution in [1.29, 1.82) is 0 Å². The predicted octanol–water partition coefficient (Wildman–Crippen LogP) is 3.16. The molecule has 0 spiro atoms. The average molecular weight is 537 g/mol. The normalized spacial score (nSPS) is 17.2. The van der Waals surface area contributed by atoms with E-state index in [1.807, 2.05) is 19.2 Å².